The number of rotatable bonds is 6. The molecule has 1 aliphatic rings. The Balaban J connectivity index is 2.56. The largest absolute Gasteiger partial charge is 0.368 e. The first kappa shape index (κ1) is 14.8. The maximum Gasteiger partial charge on any atom is 0.237 e. The van der Waals surface area contributed by atoms with Gasteiger partial charge >= 0.3 is 0 Å². The van der Waals surface area contributed by atoms with E-state index in [9.17, 15) is 4.79 Å². The van der Waals surface area contributed by atoms with Gasteiger partial charge in [0.05, 0.1) is 5.54 Å². The number of thioether (sulfide) groups is 1. The topological polar surface area (TPSA) is 55.1 Å². The number of hydrogen-bond donors (Lipinski definition) is 2. The van der Waals surface area contributed by atoms with E-state index in [0.29, 0.717) is 17.2 Å². The zero-order valence-corrected chi connectivity index (χ0v) is 12.3. The van der Waals surface area contributed by atoms with Gasteiger partial charge in [-0.05, 0) is 44.8 Å². The average Bonchev–Trinajstić information content (AvgIpc) is 2.59. The van der Waals surface area contributed by atoms with Crippen LogP contribution in [0.15, 0.2) is 0 Å². The molecule has 0 spiro atoms. The highest BCUT2D eigenvalue weighted by molar-refractivity contribution is 7.99. The number of primary amides is 1. The highest BCUT2D eigenvalue weighted by atomic mass is 32.2. The third-order valence-electron chi connectivity index (χ3n) is 3.17. The molecule has 2 unspecified atom stereocenters. The van der Waals surface area contributed by atoms with Crippen LogP contribution in [0.3, 0.4) is 0 Å². The number of nitrogens with one attached hydrogen (secondary N) is 1. The van der Waals surface area contributed by atoms with Gasteiger partial charge in [-0.15, -0.1) is 0 Å². The zero-order chi connectivity index (χ0) is 13.1. The average molecular weight is 258 g/mol. The monoisotopic (exact) mass is 258 g/mol. The first-order chi connectivity index (χ1) is 7.85. The summed E-state index contributed by atoms with van der Waals surface area (Å²) in [5.41, 5.74) is 5.13. The Morgan fingerprint density at radius 1 is 1.47 bits per heavy atom. The van der Waals surface area contributed by atoms with Crippen molar-refractivity contribution in [1.29, 1.82) is 0 Å². The van der Waals surface area contributed by atoms with Gasteiger partial charge in [-0.1, -0.05) is 13.8 Å². The number of carbonyl (C=O) groups excluding carboxylic acids is 1. The van der Waals surface area contributed by atoms with Crippen LogP contribution >= 0.6 is 11.8 Å². The Bertz CT molecular complexity index is 268. The molecule has 0 aromatic carbocycles. The molecule has 0 bridgehead atoms. The van der Waals surface area contributed by atoms with Crippen LogP contribution in [0.2, 0.25) is 0 Å². The molecule has 1 rings (SSSR count). The lowest BCUT2D eigenvalue weighted by molar-refractivity contribution is -0.124. The van der Waals surface area contributed by atoms with Crippen molar-refractivity contribution in [2.45, 2.75) is 63.8 Å². The number of amides is 1. The highest BCUT2D eigenvalue weighted by Gasteiger charge is 2.44. The summed E-state index contributed by atoms with van der Waals surface area (Å²) in [6.07, 6.45) is 2.87. The lowest BCUT2D eigenvalue weighted by Crippen LogP contribution is -2.56. The number of carbonyl (C=O) groups is 1. The first-order valence-corrected chi connectivity index (χ1v) is 7.60. The van der Waals surface area contributed by atoms with Crippen LogP contribution < -0.4 is 11.1 Å². The van der Waals surface area contributed by atoms with Crippen LogP contribution in [-0.4, -0.2) is 28.5 Å². The van der Waals surface area contributed by atoms with Crippen LogP contribution in [0.25, 0.3) is 0 Å². The first-order valence-electron chi connectivity index (χ1n) is 6.55. The molecule has 0 saturated heterocycles. The van der Waals surface area contributed by atoms with Gasteiger partial charge in [0.15, 0.2) is 0 Å². The Morgan fingerprint density at radius 3 is 2.59 bits per heavy atom. The van der Waals surface area contributed by atoms with E-state index in [0.717, 1.165) is 19.3 Å². The third kappa shape index (κ3) is 4.18. The minimum absolute atomic E-state index is 0.182. The quantitative estimate of drug-likeness (QED) is 0.767. The van der Waals surface area contributed by atoms with E-state index in [1.54, 1.807) is 0 Å². The van der Waals surface area contributed by atoms with Gasteiger partial charge in [-0.25, -0.2) is 0 Å². The Morgan fingerprint density at radius 2 is 2.12 bits per heavy atom. The van der Waals surface area contributed by atoms with E-state index in [-0.39, 0.29) is 5.91 Å². The maximum atomic E-state index is 11.7. The molecule has 1 fully saturated rings. The molecule has 3 nitrogen and oxygen atoms in total. The van der Waals surface area contributed by atoms with Crippen LogP contribution in [0.4, 0.5) is 0 Å². The van der Waals surface area contributed by atoms with Crippen molar-refractivity contribution in [2.75, 3.05) is 5.75 Å². The lowest BCUT2D eigenvalue weighted by Gasteiger charge is -2.29. The van der Waals surface area contributed by atoms with E-state index in [1.807, 2.05) is 11.8 Å². The van der Waals surface area contributed by atoms with E-state index >= 15 is 0 Å². The molecule has 4 heteroatoms. The molecule has 1 aliphatic carbocycles. The second-order valence-corrected chi connectivity index (χ2v) is 7.17. The van der Waals surface area contributed by atoms with Gasteiger partial charge in [-0.3, -0.25) is 4.79 Å². The van der Waals surface area contributed by atoms with Crippen LogP contribution in [-0.2, 0) is 4.79 Å². The van der Waals surface area contributed by atoms with E-state index < -0.39 is 5.54 Å². The molecule has 1 amide bonds. The van der Waals surface area contributed by atoms with E-state index in [2.05, 4.69) is 33.0 Å². The molecule has 0 radical (unpaired) electrons. The predicted octanol–water partition coefficient (Wildman–Crippen LogP) is 2.15. The minimum atomic E-state index is -0.456. The molecule has 17 heavy (non-hydrogen) atoms. The summed E-state index contributed by atoms with van der Waals surface area (Å²) in [4.78, 5) is 11.7. The zero-order valence-electron chi connectivity index (χ0n) is 11.5. The number of hydrogen-bond acceptors (Lipinski definition) is 3. The van der Waals surface area contributed by atoms with Crippen LogP contribution in [0.1, 0.15) is 47.0 Å². The van der Waals surface area contributed by atoms with E-state index in [4.69, 9.17) is 5.73 Å². The molecule has 1 saturated carbocycles. The summed E-state index contributed by atoms with van der Waals surface area (Å²) in [6, 6.07) is 0.302. The minimum Gasteiger partial charge on any atom is -0.368 e. The van der Waals surface area contributed by atoms with Gasteiger partial charge < -0.3 is 11.1 Å². The molecular formula is C13H26N2OS. The van der Waals surface area contributed by atoms with Gasteiger partial charge in [0.1, 0.15) is 0 Å². The Kier molecular flexibility index (Phi) is 5.32. The van der Waals surface area contributed by atoms with Gasteiger partial charge in [0, 0.05) is 11.3 Å². The van der Waals surface area contributed by atoms with E-state index in [1.165, 1.54) is 5.75 Å². The molecular weight excluding hydrogens is 232 g/mol. The van der Waals surface area contributed by atoms with Gasteiger partial charge in [0.25, 0.3) is 0 Å². The summed E-state index contributed by atoms with van der Waals surface area (Å²) in [5, 5.41) is 3.96. The summed E-state index contributed by atoms with van der Waals surface area (Å²) in [7, 11) is 0. The summed E-state index contributed by atoms with van der Waals surface area (Å²) in [5.74, 6) is 1.70. The Hall–Kier alpha value is -0.220. The molecule has 2 atom stereocenters. The predicted molar refractivity (Wildman–Crippen MR) is 75.1 cm³/mol. The van der Waals surface area contributed by atoms with Crippen molar-refractivity contribution in [3.63, 3.8) is 0 Å². The number of nitrogens with two attached hydrogens (primary N) is 1. The van der Waals surface area contributed by atoms with Crippen molar-refractivity contribution in [3.8, 4) is 0 Å². The van der Waals surface area contributed by atoms with Crippen molar-refractivity contribution in [1.82, 2.24) is 5.32 Å². The van der Waals surface area contributed by atoms with Crippen molar-refractivity contribution >= 4 is 17.7 Å². The van der Waals surface area contributed by atoms with Crippen LogP contribution in [0, 0.1) is 5.92 Å². The Labute approximate surface area is 109 Å². The van der Waals surface area contributed by atoms with Gasteiger partial charge in [0.2, 0.25) is 5.91 Å². The molecule has 0 heterocycles. The molecule has 0 aliphatic heterocycles. The third-order valence-corrected chi connectivity index (χ3v) is 4.90. The second kappa shape index (κ2) is 6.10. The highest BCUT2D eigenvalue weighted by Crippen LogP contribution is 2.37. The normalized spacial score (nSPS) is 29.2. The summed E-state index contributed by atoms with van der Waals surface area (Å²) < 4.78 is 0. The van der Waals surface area contributed by atoms with Crippen molar-refractivity contribution in [3.05, 3.63) is 0 Å². The fourth-order valence-electron chi connectivity index (χ4n) is 2.45. The van der Waals surface area contributed by atoms with Gasteiger partial charge in [-0.2, -0.15) is 11.8 Å². The van der Waals surface area contributed by atoms with Crippen LogP contribution in [0.5, 0.6) is 0 Å². The van der Waals surface area contributed by atoms with Crippen molar-refractivity contribution in [2.24, 2.45) is 11.7 Å². The maximum absolute atomic E-state index is 11.7. The molecule has 0 aromatic rings. The molecule has 3 N–H and O–H groups in total. The fourth-order valence-corrected chi connectivity index (χ4v) is 3.79. The van der Waals surface area contributed by atoms with Crippen molar-refractivity contribution < 1.29 is 4.79 Å². The second-order valence-electron chi connectivity index (χ2n) is 5.84. The molecule has 0 aromatic heterocycles. The smallest absolute Gasteiger partial charge is 0.237 e. The standard InChI is InChI=1S/C13H26N2OS/c1-9(2)8-17-11-5-6-13(7-11,12(14)16)15-10(3)4/h9-11,15H,5-8H2,1-4H3,(H2,14,16). The SMILES string of the molecule is CC(C)CSC1CCC(NC(C)C)(C(N)=O)C1. The fraction of sp³-hybridized carbons (Fsp3) is 0.923. The lowest BCUT2D eigenvalue weighted by atomic mass is 9.96. The summed E-state index contributed by atoms with van der Waals surface area (Å²) in [6.45, 7) is 8.60. The molecule has 100 valence electrons. The summed E-state index contributed by atoms with van der Waals surface area (Å²) >= 11 is 1.99.